The highest BCUT2D eigenvalue weighted by Crippen LogP contribution is 2.34. The third kappa shape index (κ3) is 2.94. The van der Waals surface area contributed by atoms with E-state index >= 15 is 0 Å². The number of hydrogen-bond donors (Lipinski definition) is 2. The number of carbonyl (C=O) groups excluding carboxylic acids is 1. The molecular formula is C15H16N2O4. The van der Waals surface area contributed by atoms with Crippen molar-refractivity contribution in [3.05, 3.63) is 42.4 Å². The number of phenolic OH excluding ortho intramolecular Hbond substituents is 1. The van der Waals surface area contributed by atoms with Crippen molar-refractivity contribution in [2.45, 2.75) is 0 Å². The van der Waals surface area contributed by atoms with Crippen LogP contribution in [0.25, 0.3) is 0 Å². The number of fused-ring (bicyclic) bond motifs is 1. The topological polar surface area (TPSA) is 74.9 Å². The van der Waals surface area contributed by atoms with Gasteiger partial charge in [0.1, 0.15) is 18.1 Å². The standard InChI is InChI=1S/C15H16N2O4/c18-11-3-4-13-12(10-11)17(7-9-21-13)6-5-16-15(19)14-2-1-8-20-14/h1-4,8,10,18H,5-7,9H2,(H,16,19). The predicted molar refractivity (Wildman–Crippen MR) is 76.9 cm³/mol. The van der Waals surface area contributed by atoms with E-state index in [1.54, 1.807) is 30.3 Å². The van der Waals surface area contributed by atoms with Gasteiger partial charge in [-0.2, -0.15) is 0 Å². The summed E-state index contributed by atoms with van der Waals surface area (Å²) in [5.41, 5.74) is 0.841. The van der Waals surface area contributed by atoms with Crippen LogP contribution < -0.4 is 15.0 Å². The molecule has 0 saturated carbocycles. The minimum atomic E-state index is -0.232. The second-order valence-corrected chi connectivity index (χ2v) is 4.72. The molecule has 0 aliphatic carbocycles. The molecule has 21 heavy (non-hydrogen) atoms. The average molecular weight is 288 g/mol. The van der Waals surface area contributed by atoms with Gasteiger partial charge in [-0.25, -0.2) is 0 Å². The molecule has 0 fully saturated rings. The van der Waals surface area contributed by atoms with Crippen LogP contribution in [0, 0.1) is 0 Å². The smallest absolute Gasteiger partial charge is 0.287 e. The summed E-state index contributed by atoms with van der Waals surface area (Å²) < 4.78 is 10.6. The highest BCUT2D eigenvalue weighted by Gasteiger charge is 2.18. The molecule has 1 aliphatic rings. The van der Waals surface area contributed by atoms with Gasteiger partial charge in [0, 0.05) is 19.2 Å². The second-order valence-electron chi connectivity index (χ2n) is 4.72. The maximum absolute atomic E-state index is 11.8. The number of ether oxygens (including phenoxy) is 1. The van der Waals surface area contributed by atoms with Crippen LogP contribution in [0.1, 0.15) is 10.6 Å². The van der Waals surface area contributed by atoms with Crippen molar-refractivity contribution in [1.29, 1.82) is 0 Å². The number of anilines is 1. The van der Waals surface area contributed by atoms with Crippen LogP contribution in [-0.2, 0) is 0 Å². The van der Waals surface area contributed by atoms with Crippen LogP contribution in [-0.4, -0.2) is 37.3 Å². The molecule has 1 aliphatic heterocycles. The van der Waals surface area contributed by atoms with E-state index in [-0.39, 0.29) is 11.7 Å². The second kappa shape index (κ2) is 5.78. The van der Waals surface area contributed by atoms with E-state index in [0.717, 1.165) is 11.4 Å². The maximum atomic E-state index is 11.8. The summed E-state index contributed by atoms with van der Waals surface area (Å²) in [7, 11) is 0. The van der Waals surface area contributed by atoms with E-state index < -0.39 is 0 Å². The highest BCUT2D eigenvalue weighted by atomic mass is 16.5. The molecule has 6 heteroatoms. The first-order valence-electron chi connectivity index (χ1n) is 6.76. The van der Waals surface area contributed by atoms with Crippen LogP contribution in [0.4, 0.5) is 5.69 Å². The molecular weight excluding hydrogens is 272 g/mol. The molecule has 1 amide bonds. The zero-order valence-corrected chi connectivity index (χ0v) is 11.4. The molecule has 2 heterocycles. The van der Waals surface area contributed by atoms with Crippen molar-refractivity contribution < 1.29 is 19.1 Å². The van der Waals surface area contributed by atoms with Crippen LogP contribution in [0.15, 0.2) is 41.0 Å². The zero-order valence-electron chi connectivity index (χ0n) is 11.4. The summed E-state index contributed by atoms with van der Waals surface area (Å²) >= 11 is 0. The van der Waals surface area contributed by atoms with Gasteiger partial charge in [-0.15, -0.1) is 0 Å². The van der Waals surface area contributed by atoms with Gasteiger partial charge in [-0.1, -0.05) is 0 Å². The Balaban J connectivity index is 1.59. The molecule has 0 atom stereocenters. The molecule has 0 spiro atoms. The van der Waals surface area contributed by atoms with E-state index in [9.17, 15) is 9.90 Å². The Morgan fingerprint density at radius 1 is 1.38 bits per heavy atom. The van der Waals surface area contributed by atoms with E-state index in [2.05, 4.69) is 10.2 Å². The van der Waals surface area contributed by atoms with E-state index in [4.69, 9.17) is 9.15 Å². The third-order valence-electron chi connectivity index (χ3n) is 3.31. The van der Waals surface area contributed by atoms with Crippen molar-refractivity contribution in [2.24, 2.45) is 0 Å². The van der Waals surface area contributed by atoms with Gasteiger partial charge in [0.05, 0.1) is 18.5 Å². The van der Waals surface area contributed by atoms with Gasteiger partial charge in [0.25, 0.3) is 5.91 Å². The molecule has 0 radical (unpaired) electrons. The Morgan fingerprint density at radius 2 is 2.29 bits per heavy atom. The van der Waals surface area contributed by atoms with Crippen molar-refractivity contribution >= 4 is 11.6 Å². The number of hydrogen-bond acceptors (Lipinski definition) is 5. The molecule has 1 aromatic heterocycles. The predicted octanol–water partition coefficient (Wildman–Crippen LogP) is 1.61. The molecule has 6 nitrogen and oxygen atoms in total. The Bertz CT molecular complexity index is 625. The molecule has 3 rings (SSSR count). The van der Waals surface area contributed by atoms with Gasteiger partial charge in [0.2, 0.25) is 0 Å². The third-order valence-corrected chi connectivity index (χ3v) is 3.31. The van der Waals surface area contributed by atoms with Crippen molar-refractivity contribution in [3.63, 3.8) is 0 Å². The Hall–Kier alpha value is -2.63. The van der Waals surface area contributed by atoms with Crippen LogP contribution in [0.3, 0.4) is 0 Å². The first-order valence-corrected chi connectivity index (χ1v) is 6.76. The van der Waals surface area contributed by atoms with E-state index in [1.165, 1.54) is 6.26 Å². The van der Waals surface area contributed by atoms with Gasteiger partial charge >= 0.3 is 0 Å². The van der Waals surface area contributed by atoms with Gasteiger partial charge in [-0.05, 0) is 24.3 Å². The zero-order chi connectivity index (χ0) is 14.7. The lowest BCUT2D eigenvalue weighted by atomic mass is 10.2. The van der Waals surface area contributed by atoms with E-state index in [0.29, 0.717) is 32.0 Å². The first kappa shape index (κ1) is 13.4. The van der Waals surface area contributed by atoms with Crippen LogP contribution in [0.5, 0.6) is 11.5 Å². The molecule has 2 N–H and O–H groups in total. The number of carbonyl (C=O) groups is 1. The van der Waals surface area contributed by atoms with Gasteiger partial charge in [0.15, 0.2) is 5.76 Å². The molecule has 2 aromatic rings. The van der Waals surface area contributed by atoms with Crippen molar-refractivity contribution in [3.8, 4) is 11.5 Å². The number of rotatable bonds is 4. The number of nitrogens with zero attached hydrogens (tertiary/aromatic N) is 1. The summed E-state index contributed by atoms with van der Waals surface area (Å²) in [6, 6.07) is 8.31. The van der Waals surface area contributed by atoms with Crippen molar-refractivity contribution in [2.75, 3.05) is 31.1 Å². The fraction of sp³-hybridized carbons (Fsp3) is 0.267. The minimum absolute atomic E-state index is 0.198. The monoisotopic (exact) mass is 288 g/mol. The highest BCUT2D eigenvalue weighted by molar-refractivity contribution is 5.91. The average Bonchev–Trinajstić information content (AvgIpc) is 3.02. The molecule has 0 unspecified atom stereocenters. The fourth-order valence-electron chi connectivity index (χ4n) is 2.29. The van der Waals surface area contributed by atoms with E-state index in [1.807, 2.05) is 0 Å². The summed E-state index contributed by atoms with van der Waals surface area (Å²) in [4.78, 5) is 13.8. The number of benzene rings is 1. The first-order chi connectivity index (χ1) is 10.2. The molecule has 1 aromatic carbocycles. The van der Waals surface area contributed by atoms with Gasteiger partial charge in [-0.3, -0.25) is 4.79 Å². The molecule has 0 bridgehead atoms. The van der Waals surface area contributed by atoms with Crippen molar-refractivity contribution in [1.82, 2.24) is 5.32 Å². The Morgan fingerprint density at radius 3 is 3.10 bits per heavy atom. The summed E-state index contributed by atoms with van der Waals surface area (Å²) in [5, 5.41) is 12.4. The van der Waals surface area contributed by atoms with Crippen LogP contribution >= 0.6 is 0 Å². The maximum Gasteiger partial charge on any atom is 0.287 e. The number of phenols is 1. The Kier molecular flexibility index (Phi) is 3.68. The minimum Gasteiger partial charge on any atom is -0.508 e. The molecule has 0 saturated heterocycles. The number of furan rings is 1. The normalized spacial score (nSPS) is 13.4. The summed E-state index contributed by atoms with van der Waals surface area (Å²) in [6.07, 6.45) is 1.47. The lowest BCUT2D eigenvalue weighted by Gasteiger charge is -2.31. The summed E-state index contributed by atoms with van der Waals surface area (Å²) in [6.45, 7) is 2.41. The number of nitrogens with one attached hydrogen (secondary N) is 1. The number of amides is 1. The largest absolute Gasteiger partial charge is 0.508 e. The number of aromatic hydroxyl groups is 1. The Labute approximate surface area is 121 Å². The van der Waals surface area contributed by atoms with Crippen LogP contribution in [0.2, 0.25) is 0 Å². The lowest BCUT2D eigenvalue weighted by Crippen LogP contribution is -2.39. The SMILES string of the molecule is O=C(NCCN1CCOc2ccc(O)cc21)c1ccco1. The van der Waals surface area contributed by atoms with Gasteiger partial charge < -0.3 is 24.5 Å². The lowest BCUT2D eigenvalue weighted by molar-refractivity contribution is 0.0927. The fourth-order valence-corrected chi connectivity index (χ4v) is 2.29. The molecule has 110 valence electrons. The quantitative estimate of drug-likeness (QED) is 0.894. The summed E-state index contributed by atoms with van der Waals surface area (Å²) in [5.74, 6) is 1.01.